The van der Waals surface area contributed by atoms with Gasteiger partial charge in [0.15, 0.2) is 0 Å². The van der Waals surface area contributed by atoms with Crippen molar-refractivity contribution in [3.8, 4) is 0 Å². The van der Waals surface area contributed by atoms with E-state index < -0.39 is 17.2 Å². The van der Waals surface area contributed by atoms with Crippen LogP contribution in [0.4, 0.5) is 13.2 Å². The van der Waals surface area contributed by atoms with Gasteiger partial charge in [0, 0.05) is 56.7 Å². The van der Waals surface area contributed by atoms with Crippen LogP contribution in [-0.4, -0.2) is 54.8 Å². The molecule has 1 N–H and O–H groups in total. The number of amides is 1. The number of hydrogen-bond acceptors (Lipinski definition) is 5. The molecule has 0 saturated heterocycles. The maximum absolute atomic E-state index is 13.8. The van der Waals surface area contributed by atoms with Gasteiger partial charge >= 0.3 is 6.18 Å². The fourth-order valence-corrected chi connectivity index (χ4v) is 5.15. The predicted molar refractivity (Wildman–Crippen MR) is 112 cm³/mol. The normalized spacial score (nSPS) is 27.0. The summed E-state index contributed by atoms with van der Waals surface area (Å²) in [5.74, 6) is -0.0415. The molecular formula is C23H30F3N3O3. The second-order valence-corrected chi connectivity index (χ2v) is 8.98. The third-order valence-corrected chi connectivity index (χ3v) is 7.11. The number of fused-ring (bicyclic) bond motifs is 1. The summed E-state index contributed by atoms with van der Waals surface area (Å²) in [6.07, 6.45) is 1.58. The topological polar surface area (TPSA) is 63.7 Å². The Bertz CT molecular complexity index is 889. The molecule has 176 valence electrons. The highest BCUT2D eigenvalue weighted by atomic mass is 19.4. The van der Waals surface area contributed by atoms with Gasteiger partial charge in [-0.05, 0) is 43.9 Å². The monoisotopic (exact) mass is 453 g/mol. The van der Waals surface area contributed by atoms with Gasteiger partial charge in [0.1, 0.15) is 0 Å². The Hall–Kier alpha value is -2.13. The Morgan fingerprint density at radius 2 is 2.22 bits per heavy atom. The molecule has 1 aromatic heterocycles. The number of carbonyl (C=O) groups is 1. The van der Waals surface area contributed by atoms with Gasteiger partial charge in [-0.1, -0.05) is 0 Å². The first kappa shape index (κ1) is 23.0. The molecule has 1 aromatic rings. The highest BCUT2D eigenvalue weighted by Gasteiger charge is 2.51. The number of halogens is 3. The third kappa shape index (κ3) is 4.50. The highest BCUT2D eigenvalue weighted by Crippen LogP contribution is 2.45. The van der Waals surface area contributed by atoms with Crippen LogP contribution in [0.25, 0.3) is 0 Å². The Kier molecular flexibility index (Phi) is 6.49. The summed E-state index contributed by atoms with van der Waals surface area (Å²) in [7, 11) is 1.60. The van der Waals surface area contributed by atoms with Crippen LogP contribution in [0.15, 0.2) is 24.0 Å². The number of nitrogens with zero attached hydrogens (tertiary/aromatic N) is 2. The molecule has 1 fully saturated rings. The SMILES string of the molecule is COC(C)[C@]1(C(=O)N2CCc3ncc(C(F)(F)F)cc3C2)CC[C@@H](NC2=CCOCC2)C1. The minimum absolute atomic E-state index is 0.0415. The summed E-state index contributed by atoms with van der Waals surface area (Å²) in [4.78, 5) is 19.5. The molecule has 0 aromatic carbocycles. The summed E-state index contributed by atoms with van der Waals surface area (Å²) in [6, 6.07) is 1.28. The number of hydrogen-bond donors (Lipinski definition) is 1. The zero-order chi connectivity index (χ0) is 22.9. The van der Waals surface area contributed by atoms with Crippen LogP contribution in [-0.2, 0) is 33.4 Å². The summed E-state index contributed by atoms with van der Waals surface area (Å²) < 4.78 is 50.5. The number of carbonyl (C=O) groups excluding carboxylic acids is 1. The molecular weight excluding hydrogens is 423 g/mol. The lowest BCUT2D eigenvalue weighted by atomic mass is 9.78. The van der Waals surface area contributed by atoms with E-state index in [1.807, 2.05) is 13.0 Å². The van der Waals surface area contributed by atoms with Crippen molar-refractivity contribution in [1.29, 1.82) is 0 Å². The van der Waals surface area contributed by atoms with Crippen molar-refractivity contribution in [2.45, 2.75) is 63.9 Å². The maximum Gasteiger partial charge on any atom is 0.417 e. The van der Waals surface area contributed by atoms with Crippen LogP contribution in [0.3, 0.4) is 0 Å². The molecule has 1 saturated carbocycles. The first-order valence-electron chi connectivity index (χ1n) is 11.1. The Morgan fingerprint density at radius 3 is 2.91 bits per heavy atom. The molecule has 0 spiro atoms. The number of alkyl halides is 3. The lowest BCUT2D eigenvalue weighted by molar-refractivity contribution is -0.151. The van der Waals surface area contributed by atoms with E-state index in [2.05, 4.69) is 10.3 Å². The van der Waals surface area contributed by atoms with Crippen molar-refractivity contribution in [2.75, 3.05) is 26.9 Å². The van der Waals surface area contributed by atoms with E-state index in [4.69, 9.17) is 9.47 Å². The van der Waals surface area contributed by atoms with Crippen molar-refractivity contribution in [3.05, 3.63) is 40.9 Å². The van der Waals surface area contributed by atoms with Gasteiger partial charge in [0.25, 0.3) is 0 Å². The smallest absolute Gasteiger partial charge is 0.386 e. The van der Waals surface area contributed by atoms with Gasteiger partial charge < -0.3 is 19.7 Å². The number of nitrogens with one attached hydrogen (secondary N) is 1. The van der Waals surface area contributed by atoms with Crippen LogP contribution in [0.2, 0.25) is 0 Å². The van der Waals surface area contributed by atoms with Crippen LogP contribution in [0.5, 0.6) is 0 Å². The van der Waals surface area contributed by atoms with Crippen molar-refractivity contribution in [1.82, 2.24) is 15.2 Å². The summed E-state index contributed by atoms with van der Waals surface area (Å²) in [5, 5.41) is 3.57. The van der Waals surface area contributed by atoms with Gasteiger partial charge in [-0.3, -0.25) is 9.78 Å². The molecule has 6 nitrogen and oxygen atoms in total. The quantitative estimate of drug-likeness (QED) is 0.740. The first-order chi connectivity index (χ1) is 15.2. The van der Waals surface area contributed by atoms with Crippen LogP contribution >= 0.6 is 0 Å². The molecule has 3 aliphatic rings. The lowest BCUT2D eigenvalue weighted by Crippen LogP contribution is -2.51. The number of methoxy groups -OCH3 is 1. The average Bonchev–Trinajstić information content (AvgIpc) is 3.22. The van der Waals surface area contributed by atoms with Gasteiger partial charge in [-0.2, -0.15) is 13.2 Å². The molecule has 0 bridgehead atoms. The van der Waals surface area contributed by atoms with E-state index in [0.29, 0.717) is 50.3 Å². The Morgan fingerprint density at radius 1 is 1.41 bits per heavy atom. The average molecular weight is 454 g/mol. The second-order valence-electron chi connectivity index (χ2n) is 8.98. The Balaban J connectivity index is 1.52. The molecule has 4 rings (SSSR count). The highest BCUT2D eigenvalue weighted by molar-refractivity contribution is 5.84. The van der Waals surface area contributed by atoms with Gasteiger partial charge in [-0.15, -0.1) is 0 Å². The van der Waals surface area contributed by atoms with Gasteiger partial charge in [0.05, 0.1) is 30.3 Å². The standard InChI is InChI=1S/C23H30F3N3O3/c1-15(31-2)22(7-3-19(12-22)28-18-5-9-32-10-6-18)21(30)29-8-4-20-16(14-29)11-17(13-27-20)23(24,25)26/h5,11,13,15,19,28H,3-4,6-10,12,14H2,1-2H3/t15?,19-,22+/m1/s1. The van der Waals surface area contributed by atoms with Crippen molar-refractivity contribution >= 4 is 5.91 Å². The fraction of sp³-hybridized carbons (Fsp3) is 0.652. The first-order valence-corrected chi connectivity index (χ1v) is 11.1. The third-order valence-electron chi connectivity index (χ3n) is 7.11. The molecule has 1 unspecified atom stereocenters. The number of pyridine rings is 1. The number of rotatable bonds is 5. The van der Waals surface area contributed by atoms with Crippen LogP contribution in [0, 0.1) is 5.41 Å². The summed E-state index contributed by atoms with van der Waals surface area (Å²) in [6.45, 7) is 3.78. The zero-order valence-electron chi connectivity index (χ0n) is 18.5. The number of ether oxygens (including phenoxy) is 2. The molecule has 32 heavy (non-hydrogen) atoms. The molecule has 1 aliphatic carbocycles. The molecule has 3 atom stereocenters. The Labute approximate surface area is 186 Å². The van der Waals surface area contributed by atoms with E-state index in [1.165, 1.54) is 0 Å². The van der Waals surface area contributed by atoms with Crippen molar-refractivity contribution in [3.63, 3.8) is 0 Å². The minimum atomic E-state index is -4.46. The van der Waals surface area contributed by atoms with Crippen molar-refractivity contribution in [2.24, 2.45) is 5.41 Å². The predicted octanol–water partition coefficient (Wildman–Crippen LogP) is 3.45. The second kappa shape index (κ2) is 9.02. The van der Waals surface area contributed by atoms with Crippen LogP contribution < -0.4 is 5.32 Å². The molecule has 3 heterocycles. The van der Waals surface area contributed by atoms with E-state index in [1.54, 1.807) is 12.0 Å². The van der Waals surface area contributed by atoms with E-state index >= 15 is 0 Å². The van der Waals surface area contributed by atoms with Gasteiger partial charge in [0.2, 0.25) is 5.91 Å². The zero-order valence-corrected chi connectivity index (χ0v) is 18.5. The summed E-state index contributed by atoms with van der Waals surface area (Å²) in [5.41, 5.74) is 0.769. The molecule has 0 radical (unpaired) electrons. The summed E-state index contributed by atoms with van der Waals surface area (Å²) >= 11 is 0. The largest absolute Gasteiger partial charge is 0.417 e. The minimum Gasteiger partial charge on any atom is -0.386 e. The van der Waals surface area contributed by atoms with E-state index in [-0.39, 0.29) is 24.6 Å². The lowest BCUT2D eigenvalue weighted by Gasteiger charge is -2.40. The molecule has 1 amide bonds. The molecule has 2 aliphatic heterocycles. The van der Waals surface area contributed by atoms with Crippen LogP contribution in [0.1, 0.15) is 49.4 Å². The van der Waals surface area contributed by atoms with Gasteiger partial charge in [-0.25, -0.2) is 0 Å². The number of aromatic nitrogens is 1. The van der Waals surface area contributed by atoms with E-state index in [9.17, 15) is 18.0 Å². The van der Waals surface area contributed by atoms with Crippen molar-refractivity contribution < 1.29 is 27.4 Å². The molecule has 9 heteroatoms. The maximum atomic E-state index is 13.8. The van der Waals surface area contributed by atoms with E-state index in [0.717, 1.165) is 30.8 Å². The fourth-order valence-electron chi connectivity index (χ4n) is 5.15.